The standard InChI is InChI=1S/C25H25N3O4/c1-16(2)13-18(28-25(29)30)15-31-23-8-7-17(14-21(23)24-10-12-27-32-24)19-9-11-26-22-6-4-3-5-20(19)22/h3-12,14,16,18,28H,13,15H2,1-2H3,(H,29,30). The Kier molecular flexibility index (Phi) is 6.35. The van der Waals surface area contributed by atoms with Crippen LogP contribution in [0.5, 0.6) is 5.75 Å². The summed E-state index contributed by atoms with van der Waals surface area (Å²) in [6.45, 7) is 4.30. The van der Waals surface area contributed by atoms with Crippen molar-refractivity contribution >= 4 is 17.0 Å². The topological polar surface area (TPSA) is 97.5 Å². The Hall–Kier alpha value is -3.87. The number of pyridine rings is 1. The van der Waals surface area contributed by atoms with Gasteiger partial charge in [-0.1, -0.05) is 43.3 Å². The minimum absolute atomic E-state index is 0.211. The lowest BCUT2D eigenvalue weighted by Gasteiger charge is -2.20. The fraction of sp³-hybridized carbons (Fsp3) is 0.240. The van der Waals surface area contributed by atoms with Crippen LogP contribution in [0.2, 0.25) is 0 Å². The Morgan fingerprint density at radius 1 is 1.09 bits per heavy atom. The Balaban J connectivity index is 1.69. The zero-order valence-electron chi connectivity index (χ0n) is 18.0. The minimum atomic E-state index is -1.06. The molecule has 2 aromatic carbocycles. The van der Waals surface area contributed by atoms with Crippen molar-refractivity contribution < 1.29 is 19.2 Å². The molecule has 7 heteroatoms. The van der Waals surface area contributed by atoms with Crippen molar-refractivity contribution in [1.82, 2.24) is 15.5 Å². The molecule has 1 amide bonds. The molecule has 32 heavy (non-hydrogen) atoms. The predicted molar refractivity (Wildman–Crippen MR) is 123 cm³/mol. The summed E-state index contributed by atoms with van der Waals surface area (Å²) in [5, 5.41) is 16.6. The van der Waals surface area contributed by atoms with E-state index in [4.69, 9.17) is 14.4 Å². The number of hydrogen-bond acceptors (Lipinski definition) is 5. The summed E-state index contributed by atoms with van der Waals surface area (Å²) in [4.78, 5) is 15.6. The van der Waals surface area contributed by atoms with E-state index < -0.39 is 6.09 Å². The van der Waals surface area contributed by atoms with Crippen molar-refractivity contribution in [2.24, 2.45) is 5.92 Å². The molecule has 2 aromatic heterocycles. The summed E-state index contributed by atoms with van der Waals surface area (Å²) in [6, 6.07) is 17.3. The highest BCUT2D eigenvalue weighted by atomic mass is 16.5. The van der Waals surface area contributed by atoms with Crippen molar-refractivity contribution in [2.75, 3.05) is 6.61 Å². The van der Waals surface area contributed by atoms with Crippen LogP contribution in [0.15, 0.2) is 71.5 Å². The highest BCUT2D eigenvalue weighted by molar-refractivity contribution is 5.95. The van der Waals surface area contributed by atoms with E-state index in [-0.39, 0.29) is 12.6 Å². The highest BCUT2D eigenvalue weighted by Crippen LogP contribution is 2.36. The second kappa shape index (κ2) is 9.51. The number of hydrogen-bond donors (Lipinski definition) is 2. The van der Waals surface area contributed by atoms with Gasteiger partial charge in [0, 0.05) is 17.6 Å². The summed E-state index contributed by atoms with van der Waals surface area (Å²) in [7, 11) is 0. The summed E-state index contributed by atoms with van der Waals surface area (Å²) in [5.41, 5.74) is 3.71. The molecule has 1 atom stereocenters. The van der Waals surface area contributed by atoms with Gasteiger partial charge in [0.05, 0.1) is 23.3 Å². The monoisotopic (exact) mass is 431 g/mol. The molecular formula is C25H25N3O4. The maximum absolute atomic E-state index is 11.2. The van der Waals surface area contributed by atoms with E-state index in [1.165, 1.54) is 0 Å². The van der Waals surface area contributed by atoms with E-state index in [2.05, 4.69) is 15.5 Å². The van der Waals surface area contributed by atoms with Gasteiger partial charge in [0.2, 0.25) is 0 Å². The van der Waals surface area contributed by atoms with Gasteiger partial charge in [-0.05, 0) is 47.7 Å². The molecule has 7 nitrogen and oxygen atoms in total. The van der Waals surface area contributed by atoms with Crippen LogP contribution in [-0.4, -0.2) is 34.0 Å². The fourth-order valence-electron chi connectivity index (χ4n) is 3.82. The summed E-state index contributed by atoms with van der Waals surface area (Å²) >= 11 is 0. The molecule has 0 aliphatic heterocycles. The zero-order chi connectivity index (χ0) is 22.5. The van der Waals surface area contributed by atoms with E-state index in [1.54, 1.807) is 18.5 Å². The number of para-hydroxylation sites is 1. The van der Waals surface area contributed by atoms with Gasteiger partial charge in [0.25, 0.3) is 0 Å². The molecule has 0 fully saturated rings. The molecule has 0 saturated carbocycles. The molecule has 0 aliphatic carbocycles. The molecular weight excluding hydrogens is 406 g/mol. The van der Waals surface area contributed by atoms with Crippen LogP contribution in [-0.2, 0) is 0 Å². The third-order valence-electron chi connectivity index (χ3n) is 5.17. The number of carbonyl (C=O) groups is 1. The third-order valence-corrected chi connectivity index (χ3v) is 5.17. The zero-order valence-corrected chi connectivity index (χ0v) is 18.0. The van der Waals surface area contributed by atoms with Gasteiger partial charge in [-0.2, -0.15) is 0 Å². The molecule has 4 aromatic rings. The van der Waals surface area contributed by atoms with Crippen molar-refractivity contribution in [2.45, 2.75) is 26.3 Å². The second-order valence-corrected chi connectivity index (χ2v) is 8.05. The average molecular weight is 431 g/mol. The average Bonchev–Trinajstić information content (AvgIpc) is 3.31. The SMILES string of the molecule is CC(C)CC(COc1ccc(-c2ccnc3ccccc23)cc1-c1ccno1)NC(=O)O. The molecule has 0 spiro atoms. The van der Waals surface area contributed by atoms with Crippen LogP contribution in [0.1, 0.15) is 20.3 Å². The summed E-state index contributed by atoms with van der Waals surface area (Å²) < 4.78 is 11.5. The first-order valence-electron chi connectivity index (χ1n) is 10.5. The Labute approximate surface area is 186 Å². The number of ether oxygens (including phenoxy) is 1. The number of aromatic nitrogens is 2. The number of fused-ring (bicyclic) bond motifs is 1. The quantitative estimate of drug-likeness (QED) is 0.376. The Bertz CT molecular complexity index is 1200. The smallest absolute Gasteiger partial charge is 0.404 e. The minimum Gasteiger partial charge on any atom is -0.491 e. The Morgan fingerprint density at radius 2 is 1.94 bits per heavy atom. The van der Waals surface area contributed by atoms with Crippen molar-refractivity contribution in [3.8, 4) is 28.2 Å². The van der Waals surface area contributed by atoms with Crippen LogP contribution in [0.25, 0.3) is 33.4 Å². The lowest BCUT2D eigenvalue weighted by atomic mass is 9.98. The molecule has 0 bridgehead atoms. The molecule has 2 heterocycles. The maximum Gasteiger partial charge on any atom is 0.404 e. The van der Waals surface area contributed by atoms with Gasteiger partial charge in [-0.15, -0.1) is 0 Å². The van der Waals surface area contributed by atoms with Crippen LogP contribution >= 0.6 is 0 Å². The van der Waals surface area contributed by atoms with Crippen LogP contribution in [0.4, 0.5) is 4.79 Å². The van der Waals surface area contributed by atoms with Gasteiger partial charge in [0.1, 0.15) is 12.4 Å². The lowest BCUT2D eigenvalue weighted by Crippen LogP contribution is -2.39. The highest BCUT2D eigenvalue weighted by Gasteiger charge is 2.18. The normalized spacial score (nSPS) is 12.1. The van der Waals surface area contributed by atoms with E-state index in [0.29, 0.717) is 23.8 Å². The second-order valence-electron chi connectivity index (χ2n) is 8.05. The van der Waals surface area contributed by atoms with Gasteiger partial charge in [0.15, 0.2) is 5.76 Å². The molecule has 0 saturated heterocycles. The summed E-state index contributed by atoms with van der Waals surface area (Å²) in [6.07, 6.45) is 2.99. The van der Waals surface area contributed by atoms with Crippen molar-refractivity contribution in [3.63, 3.8) is 0 Å². The number of benzene rings is 2. The number of nitrogens with zero attached hydrogens (tertiary/aromatic N) is 2. The van der Waals surface area contributed by atoms with Crippen LogP contribution in [0, 0.1) is 5.92 Å². The lowest BCUT2D eigenvalue weighted by molar-refractivity contribution is 0.176. The number of rotatable bonds is 8. The van der Waals surface area contributed by atoms with Gasteiger partial charge in [-0.3, -0.25) is 4.98 Å². The largest absolute Gasteiger partial charge is 0.491 e. The first kappa shape index (κ1) is 21.4. The number of carboxylic acid groups (broad SMARTS) is 1. The van der Waals surface area contributed by atoms with Gasteiger partial charge >= 0.3 is 6.09 Å². The molecule has 164 valence electrons. The molecule has 4 rings (SSSR count). The first-order chi connectivity index (χ1) is 15.5. The van der Waals surface area contributed by atoms with Gasteiger partial charge in [-0.25, -0.2) is 4.79 Å². The van der Waals surface area contributed by atoms with E-state index >= 15 is 0 Å². The van der Waals surface area contributed by atoms with E-state index in [1.807, 2.05) is 62.4 Å². The van der Waals surface area contributed by atoms with Crippen LogP contribution in [0.3, 0.4) is 0 Å². The molecule has 0 aliphatic rings. The van der Waals surface area contributed by atoms with E-state index in [0.717, 1.165) is 27.6 Å². The van der Waals surface area contributed by atoms with Crippen LogP contribution < -0.4 is 10.1 Å². The third kappa shape index (κ3) is 4.88. The fourth-order valence-corrected chi connectivity index (χ4v) is 3.82. The van der Waals surface area contributed by atoms with Gasteiger partial charge < -0.3 is 19.7 Å². The predicted octanol–water partition coefficient (Wildman–Crippen LogP) is 5.62. The van der Waals surface area contributed by atoms with E-state index in [9.17, 15) is 4.79 Å². The maximum atomic E-state index is 11.2. The van der Waals surface area contributed by atoms with Crippen molar-refractivity contribution in [1.29, 1.82) is 0 Å². The molecule has 0 radical (unpaired) electrons. The summed E-state index contributed by atoms with van der Waals surface area (Å²) in [5.74, 6) is 1.50. The number of amides is 1. The van der Waals surface area contributed by atoms with Crippen molar-refractivity contribution in [3.05, 3.63) is 67.0 Å². The molecule has 2 N–H and O–H groups in total. The first-order valence-corrected chi connectivity index (χ1v) is 10.5. The Morgan fingerprint density at radius 3 is 2.69 bits per heavy atom. The number of nitrogens with one attached hydrogen (secondary N) is 1. The molecule has 1 unspecified atom stereocenters.